The molecule has 0 spiro atoms. The summed E-state index contributed by atoms with van der Waals surface area (Å²) in [6.07, 6.45) is 1.04. The normalized spacial score (nSPS) is 12.2. The second kappa shape index (κ2) is 7.96. The van der Waals surface area contributed by atoms with Crippen LogP contribution in [-0.4, -0.2) is 26.8 Å². The minimum atomic E-state index is 0.624. The number of ether oxygens (including phenoxy) is 2. The molecule has 0 aliphatic rings. The molecule has 0 amide bonds. The van der Waals surface area contributed by atoms with Crippen LogP contribution in [0.1, 0.15) is 20.3 Å². The van der Waals surface area contributed by atoms with E-state index in [4.69, 9.17) is 9.47 Å². The Kier molecular flexibility index (Phi) is 6.48. The molecule has 17 heavy (non-hydrogen) atoms. The van der Waals surface area contributed by atoms with E-state index >= 15 is 0 Å². The van der Waals surface area contributed by atoms with Crippen molar-refractivity contribution in [3.8, 4) is 11.5 Å². The Morgan fingerprint density at radius 3 is 2.41 bits per heavy atom. The fourth-order valence-electron chi connectivity index (χ4n) is 1.66. The molecule has 0 saturated carbocycles. The maximum absolute atomic E-state index is 5.75. The first kappa shape index (κ1) is 13.8. The third-order valence-corrected chi connectivity index (χ3v) is 2.57. The molecule has 0 radical (unpaired) electrons. The number of para-hydroxylation sites is 2. The summed E-state index contributed by atoms with van der Waals surface area (Å²) in [5, 5.41) is 3.17. The van der Waals surface area contributed by atoms with Crippen molar-refractivity contribution in [1.29, 1.82) is 0 Å². The predicted molar refractivity (Wildman–Crippen MR) is 70.8 cm³/mol. The molecule has 1 aromatic rings. The number of hydrogen-bond acceptors (Lipinski definition) is 3. The van der Waals surface area contributed by atoms with E-state index in [2.05, 4.69) is 12.2 Å². The molecule has 0 aromatic heterocycles. The van der Waals surface area contributed by atoms with Gasteiger partial charge in [0.05, 0.1) is 13.2 Å². The maximum Gasteiger partial charge on any atom is 0.161 e. The highest BCUT2D eigenvalue weighted by atomic mass is 16.5. The zero-order valence-electron chi connectivity index (χ0n) is 11.0. The SMILES string of the molecule is CCOc1ccccc1OCCC(C)CNC. The Hall–Kier alpha value is -1.22. The van der Waals surface area contributed by atoms with Crippen molar-refractivity contribution < 1.29 is 9.47 Å². The predicted octanol–water partition coefficient (Wildman–Crippen LogP) is 2.71. The van der Waals surface area contributed by atoms with Gasteiger partial charge in [-0.2, -0.15) is 0 Å². The van der Waals surface area contributed by atoms with E-state index in [1.165, 1.54) is 0 Å². The third kappa shape index (κ3) is 5.09. The molecular formula is C14H23NO2. The van der Waals surface area contributed by atoms with Gasteiger partial charge in [0.2, 0.25) is 0 Å². The van der Waals surface area contributed by atoms with Gasteiger partial charge >= 0.3 is 0 Å². The molecule has 3 heteroatoms. The van der Waals surface area contributed by atoms with E-state index < -0.39 is 0 Å². The molecule has 1 N–H and O–H groups in total. The molecule has 3 nitrogen and oxygen atoms in total. The summed E-state index contributed by atoms with van der Waals surface area (Å²) in [7, 11) is 1.97. The van der Waals surface area contributed by atoms with Crippen LogP contribution in [0.5, 0.6) is 11.5 Å². The third-order valence-electron chi connectivity index (χ3n) is 2.57. The smallest absolute Gasteiger partial charge is 0.161 e. The summed E-state index contributed by atoms with van der Waals surface area (Å²) >= 11 is 0. The van der Waals surface area contributed by atoms with Gasteiger partial charge in [0.1, 0.15) is 0 Å². The van der Waals surface area contributed by atoms with Crippen molar-refractivity contribution >= 4 is 0 Å². The molecule has 0 saturated heterocycles. The monoisotopic (exact) mass is 237 g/mol. The number of hydrogen-bond donors (Lipinski definition) is 1. The van der Waals surface area contributed by atoms with Crippen LogP contribution in [0.25, 0.3) is 0 Å². The summed E-state index contributed by atoms with van der Waals surface area (Å²) < 4.78 is 11.3. The van der Waals surface area contributed by atoms with Crippen molar-refractivity contribution in [2.45, 2.75) is 20.3 Å². The van der Waals surface area contributed by atoms with Crippen molar-refractivity contribution in [2.75, 3.05) is 26.8 Å². The highest BCUT2D eigenvalue weighted by Crippen LogP contribution is 2.26. The van der Waals surface area contributed by atoms with Crippen LogP contribution >= 0.6 is 0 Å². The van der Waals surface area contributed by atoms with E-state index in [-0.39, 0.29) is 0 Å². The van der Waals surface area contributed by atoms with Gasteiger partial charge in [-0.25, -0.2) is 0 Å². The van der Waals surface area contributed by atoms with Crippen LogP contribution in [0.2, 0.25) is 0 Å². The second-order valence-electron chi connectivity index (χ2n) is 4.18. The minimum absolute atomic E-state index is 0.624. The standard InChI is InChI=1S/C14H23NO2/c1-4-16-13-7-5-6-8-14(13)17-10-9-12(2)11-15-3/h5-8,12,15H,4,9-11H2,1-3H3. The Morgan fingerprint density at radius 2 is 1.82 bits per heavy atom. The quantitative estimate of drug-likeness (QED) is 0.754. The van der Waals surface area contributed by atoms with Crippen molar-refractivity contribution in [1.82, 2.24) is 5.32 Å². The maximum atomic E-state index is 5.75. The van der Waals surface area contributed by atoms with Crippen LogP contribution in [0, 0.1) is 5.92 Å². The molecule has 96 valence electrons. The molecule has 1 aromatic carbocycles. The number of rotatable bonds is 8. The van der Waals surface area contributed by atoms with Crippen molar-refractivity contribution in [3.63, 3.8) is 0 Å². The molecular weight excluding hydrogens is 214 g/mol. The van der Waals surface area contributed by atoms with E-state index in [0.29, 0.717) is 12.5 Å². The highest BCUT2D eigenvalue weighted by Gasteiger charge is 2.05. The zero-order valence-corrected chi connectivity index (χ0v) is 11.0. The van der Waals surface area contributed by atoms with Gasteiger partial charge in [-0.15, -0.1) is 0 Å². The van der Waals surface area contributed by atoms with Gasteiger partial charge in [-0.1, -0.05) is 19.1 Å². The second-order valence-corrected chi connectivity index (χ2v) is 4.18. The number of nitrogens with one attached hydrogen (secondary N) is 1. The van der Waals surface area contributed by atoms with Gasteiger partial charge in [0, 0.05) is 0 Å². The van der Waals surface area contributed by atoms with Crippen LogP contribution in [0.4, 0.5) is 0 Å². The van der Waals surface area contributed by atoms with Gasteiger partial charge in [0.15, 0.2) is 11.5 Å². The molecule has 1 atom stereocenters. The van der Waals surface area contributed by atoms with E-state index in [1.807, 2.05) is 38.2 Å². The summed E-state index contributed by atoms with van der Waals surface area (Å²) in [6, 6.07) is 7.82. The Labute approximate surface area is 104 Å². The lowest BCUT2D eigenvalue weighted by molar-refractivity contribution is 0.257. The lowest BCUT2D eigenvalue weighted by Crippen LogP contribution is -2.18. The summed E-state index contributed by atoms with van der Waals surface area (Å²) in [5.74, 6) is 2.29. The van der Waals surface area contributed by atoms with Crippen molar-refractivity contribution in [2.24, 2.45) is 5.92 Å². The first-order valence-corrected chi connectivity index (χ1v) is 6.27. The largest absolute Gasteiger partial charge is 0.490 e. The summed E-state index contributed by atoms with van der Waals surface area (Å²) in [5.41, 5.74) is 0. The first-order chi connectivity index (χ1) is 8.27. The molecule has 0 fully saturated rings. The molecule has 1 unspecified atom stereocenters. The summed E-state index contributed by atoms with van der Waals surface area (Å²) in [6.45, 7) is 6.61. The van der Waals surface area contributed by atoms with E-state index in [1.54, 1.807) is 0 Å². The molecule has 0 heterocycles. The van der Waals surface area contributed by atoms with Gasteiger partial charge < -0.3 is 14.8 Å². The van der Waals surface area contributed by atoms with Crippen LogP contribution < -0.4 is 14.8 Å². The highest BCUT2D eigenvalue weighted by molar-refractivity contribution is 5.39. The zero-order chi connectivity index (χ0) is 12.5. The lowest BCUT2D eigenvalue weighted by atomic mass is 10.1. The Balaban J connectivity index is 2.40. The average molecular weight is 237 g/mol. The van der Waals surface area contributed by atoms with Gasteiger partial charge in [-0.05, 0) is 45.0 Å². The Bertz CT molecular complexity index is 315. The molecule has 0 bridgehead atoms. The average Bonchev–Trinajstić information content (AvgIpc) is 2.32. The topological polar surface area (TPSA) is 30.5 Å². The first-order valence-electron chi connectivity index (χ1n) is 6.27. The van der Waals surface area contributed by atoms with Crippen molar-refractivity contribution in [3.05, 3.63) is 24.3 Å². The fourth-order valence-corrected chi connectivity index (χ4v) is 1.66. The lowest BCUT2D eigenvalue weighted by Gasteiger charge is -2.14. The summed E-state index contributed by atoms with van der Waals surface area (Å²) in [4.78, 5) is 0. The van der Waals surface area contributed by atoms with E-state index in [0.717, 1.165) is 31.1 Å². The van der Waals surface area contributed by atoms with Crippen LogP contribution in [0.15, 0.2) is 24.3 Å². The van der Waals surface area contributed by atoms with Gasteiger partial charge in [0.25, 0.3) is 0 Å². The minimum Gasteiger partial charge on any atom is -0.490 e. The van der Waals surface area contributed by atoms with E-state index in [9.17, 15) is 0 Å². The number of benzene rings is 1. The van der Waals surface area contributed by atoms with Crippen LogP contribution in [0.3, 0.4) is 0 Å². The molecule has 0 aliphatic heterocycles. The molecule has 1 rings (SSSR count). The van der Waals surface area contributed by atoms with Crippen LogP contribution in [-0.2, 0) is 0 Å². The fraction of sp³-hybridized carbons (Fsp3) is 0.571. The Morgan fingerprint density at radius 1 is 1.18 bits per heavy atom. The molecule has 0 aliphatic carbocycles. The van der Waals surface area contributed by atoms with Gasteiger partial charge in [-0.3, -0.25) is 0 Å².